The number of aromatic nitrogens is 4. The Morgan fingerprint density at radius 2 is 0.750 bits per heavy atom. The van der Waals surface area contributed by atoms with Crippen LogP contribution in [0.15, 0.2) is 110 Å². The molecule has 0 aliphatic rings. The zero-order valence-electron chi connectivity index (χ0n) is 24.3. The quantitative estimate of drug-likeness (QED) is 0.193. The molecule has 4 aromatic heterocycles. The van der Waals surface area contributed by atoms with E-state index in [1.807, 2.05) is 49.1 Å². The first kappa shape index (κ1) is 28.9. The van der Waals surface area contributed by atoms with Gasteiger partial charge in [0.2, 0.25) is 0 Å². The molecule has 0 spiro atoms. The third-order valence-electron chi connectivity index (χ3n) is 7.42. The van der Waals surface area contributed by atoms with E-state index in [0.717, 1.165) is 54.3 Å². The van der Waals surface area contributed by atoms with Gasteiger partial charge in [0.1, 0.15) is 0 Å². The second-order valence-corrected chi connectivity index (χ2v) is 10.7. The van der Waals surface area contributed by atoms with E-state index >= 15 is 0 Å². The first-order chi connectivity index (χ1) is 19.4. The molecule has 4 unspecified atom stereocenters. The Balaban J connectivity index is 1.66. The van der Waals surface area contributed by atoms with Gasteiger partial charge in [-0.1, -0.05) is 30.8 Å². The van der Waals surface area contributed by atoms with E-state index in [-0.39, 0.29) is 24.2 Å². The van der Waals surface area contributed by atoms with Crippen LogP contribution in [-0.4, -0.2) is 53.9 Å². The van der Waals surface area contributed by atoms with Crippen LogP contribution in [0.25, 0.3) is 0 Å². The third-order valence-corrected chi connectivity index (χ3v) is 7.42. The highest BCUT2D eigenvalue weighted by Gasteiger charge is 2.31. The maximum absolute atomic E-state index is 4.78. The lowest BCUT2D eigenvalue weighted by molar-refractivity contribution is 0.0859. The first-order valence-corrected chi connectivity index (χ1v) is 14.3. The molecule has 6 heteroatoms. The van der Waals surface area contributed by atoms with E-state index < -0.39 is 0 Å². The molecule has 0 aliphatic heterocycles. The van der Waals surface area contributed by atoms with Gasteiger partial charge >= 0.3 is 0 Å². The summed E-state index contributed by atoms with van der Waals surface area (Å²) in [4.78, 5) is 23.5. The average Bonchev–Trinajstić information content (AvgIpc) is 2.95. The van der Waals surface area contributed by atoms with Crippen molar-refractivity contribution < 1.29 is 0 Å². The number of pyridine rings is 4. The molecule has 0 aromatic carbocycles. The van der Waals surface area contributed by atoms with Crippen LogP contribution in [0.3, 0.4) is 0 Å². The fourth-order valence-corrected chi connectivity index (χ4v) is 5.70. The lowest BCUT2D eigenvalue weighted by atomic mass is 10.0. The summed E-state index contributed by atoms with van der Waals surface area (Å²) < 4.78 is 0. The van der Waals surface area contributed by atoms with Crippen LogP contribution in [0.2, 0.25) is 0 Å². The van der Waals surface area contributed by atoms with Gasteiger partial charge in [-0.05, 0) is 76.2 Å². The van der Waals surface area contributed by atoms with Gasteiger partial charge in [0, 0.05) is 97.4 Å². The average molecular weight is 535 g/mol. The zero-order valence-corrected chi connectivity index (χ0v) is 24.3. The van der Waals surface area contributed by atoms with Crippen LogP contribution in [0.5, 0.6) is 0 Å². The van der Waals surface area contributed by atoms with Crippen LogP contribution in [0.4, 0.5) is 0 Å². The molecule has 0 saturated heterocycles. The lowest BCUT2D eigenvalue weighted by Gasteiger charge is -2.47. The summed E-state index contributed by atoms with van der Waals surface area (Å²) in [5.41, 5.74) is 4.31. The summed E-state index contributed by atoms with van der Waals surface area (Å²) in [5, 5.41) is 0. The van der Waals surface area contributed by atoms with Crippen molar-refractivity contribution in [3.05, 3.63) is 133 Å². The minimum Gasteiger partial charge on any atom is -0.353 e. The highest BCUT2D eigenvalue weighted by atomic mass is 15.4. The van der Waals surface area contributed by atoms with Crippen molar-refractivity contribution in [2.75, 3.05) is 0 Å². The van der Waals surface area contributed by atoms with Gasteiger partial charge in [-0.25, -0.2) is 0 Å². The Bertz CT molecular complexity index is 1090. The number of hydrogen-bond acceptors (Lipinski definition) is 6. The van der Waals surface area contributed by atoms with Crippen molar-refractivity contribution in [3.63, 3.8) is 0 Å². The summed E-state index contributed by atoms with van der Waals surface area (Å²) in [7, 11) is 0. The van der Waals surface area contributed by atoms with Crippen LogP contribution in [0, 0.1) is 0 Å². The summed E-state index contributed by atoms with van der Waals surface area (Å²) in [6.45, 7) is 13.9. The van der Waals surface area contributed by atoms with Crippen molar-refractivity contribution in [1.29, 1.82) is 0 Å². The van der Waals surface area contributed by atoms with Gasteiger partial charge in [0.15, 0.2) is 0 Å². The number of hydrogen-bond donors (Lipinski definition) is 0. The predicted octanol–water partition coefficient (Wildman–Crippen LogP) is 6.17. The Kier molecular flexibility index (Phi) is 10.4. The second kappa shape index (κ2) is 14.4. The Morgan fingerprint density at radius 1 is 0.500 bits per heavy atom. The topological polar surface area (TPSA) is 58.0 Å². The molecule has 0 radical (unpaired) electrons. The number of nitrogens with zero attached hydrogens (tertiary/aromatic N) is 6. The standard InChI is InChI=1S/C34H42N6/c1-26(22-31-14-6-10-18-35-31)39(27(2)23-32-15-7-11-19-36-32)30(5)40(28(3)24-33-16-8-12-20-37-33)29(4)25-34-17-9-13-21-38-34/h6-21,26-29H,5,22-25H2,1-4H3. The van der Waals surface area contributed by atoms with E-state index in [1.165, 1.54) is 0 Å². The summed E-state index contributed by atoms with van der Waals surface area (Å²) in [6.07, 6.45) is 10.8. The van der Waals surface area contributed by atoms with Crippen LogP contribution >= 0.6 is 0 Å². The van der Waals surface area contributed by atoms with E-state index in [0.29, 0.717) is 0 Å². The van der Waals surface area contributed by atoms with E-state index in [4.69, 9.17) is 6.58 Å². The molecular weight excluding hydrogens is 492 g/mol. The van der Waals surface area contributed by atoms with Crippen LogP contribution in [0.1, 0.15) is 50.5 Å². The molecule has 0 saturated carbocycles. The Labute approximate surface area is 239 Å². The van der Waals surface area contributed by atoms with Gasteiger partial charge < -0.3 is 9.80 Å². The second-order valence-electron chi connectivity index (χ2n) is 10.7. The Hall–Kier alpha value is -4.06. The minimum absolute atomic E-state index is 0.174. The fraction of sp³-hybridized carbons (Fsp3) is 0.353. The van der Waals surface area contributed by atoms with Crippen molar-refractivity contribution in [2.45, 2.75) is 77.5 Å². The maximum atomic E-state index is 4.78. The van der Waals surface area contributed by atoms with Crippen LogP contribution in [-0.2, 0) is 25.7 Å². The molecule has 208 valence electrons. The summed E-state index contributed by atoms with van der Waals surface area (Å²) >= 11 is 0. The molecule has 40 heavy (non-hydrogen) atoms. The van der Waals surface area contributed by atoms with Crippen molar-refractivity contribution in [2.24, 2.45) is 0 Å². The van der Waals surface area contributed by atoms with Crippen molar-refractivity contribution >= 4 is 0 Å². The highest BCUT2D eigenvalue weighted by Crippen LogP contribution is 2.27. The first-order valence-electron chi connectivity index (χ1n) is 14.3. The highest BCUT2D eigenvalue weighted by molar-refractivity contribution is 5.14. The monoisotopic (exact) mass is 534 g/mol. The minimum atomic E-state index is 0.174. The van der Waals surface area contributed by atoms with Crippen molar-refractivity contribution in [3.8, 4) is 0 Å². The summed E-state index contributed by atoms with van der Waals surface area (Å²) in [6, 6.07) is 25.2. The molecule has 6 nitrogen and oxygen atoms in total. The maximum Gasteiger partial charge on any atom is 0.0975 e. The van der Waals surface area contributed by atoms with E-state index in [1.54, 1.807) is 0 Å². The fourth-order valence-electron chi connectivity index (χ4n) is 5.70. The van der Waals surface area contributed by atoms with E-state index in [9.17, 15) is 0 Å². The normalized spacial score (nSPS) is 14.1. The molecule has 0 fully saturated rings. The predicted molar refractivity (Wildman–Crippen MR) is 162 cm³/mol. The molecule has 0 amide bonds. The zero-order chi connectivity index (χ0) is 28.3. The SMILES string of the molecule is C=C(N(C(C)Cc1ccccn1)C(C)Cc1ccccn1)N(C(C)Cc1ccccn1)C(C)Cc1ccccn1. The van der Waals surface area contributed by atoms with Gasteiger partial charge in [-0.3, -0.25) is 19.9 Å². The molecule has 4 rings (SSSR count). The van der Waals surface area contributed by atoms with Crippen molar-refractivity contribution in [1.82, 2.24) is 29.7 Å². The molecule has 0 bridgehead atoms. The molecule has 0 N–H and O–H groups in total. The molecule has 4 aromatic rings. The summed E-state index contributed by atoms with van der Waals surface area (Å²) in [5.74, 6) is 1.01. The van der Waals surface area contributed by atoms with Crippen LogP contribution < -0.4 is 0 Å². The van der Waals surface area contributed by atoms with Gasteiger partial charge in [-0.15, -0.1) is 0 Å². The third kappa shape index (κ3) is 7.98. The lowest BCUT2D eigenvalue weighted by Crippen LogP contribution is -2.52. The van der Waals surface area contributed by atoms with Gasteiger partial charge in [0.25, 0.3) is 0 Å². The van der Waals surface area contributed by atoms with E-state index in [2.05, 4.69) is 106 Å². The smallest absolute Gasteiger partial charge is 0.0975 e. The molecule has 4 atom stereocenters. The van der Waals surface area contributed by atoms with Gasteiger partial charge in [-0.2, -0.15) is 0 Å². The molecule has 0 aliphatic carbocycles. The molecular formula is C34H42N6. The number of rotatable bonds is 14. The largest absolute Gasteiger partial charge is 0.353 e. The Morgan fingerprint density at radius 3 is 0.950 bits per heavy atom. The molecule has 4 heterocycles. The van der Waals surface area contributed by atoms with Gasteiger partial charge in [0.05, 0.1) is 5.82 Å².